The molecule has 7 nitrogen and oxygen atoms in total. The molecule has 0 aliphatic carbocycles. The number of carbonyl (C=O) groups excluding carboxylic acids is 1. The SMILES string of the molecule is COc1cc(/C(C)=N\NC(=O)c2cc(-c3ccc(Cl)s3)[nH]n2)ccc1O. The lowest BCUT2D eigenvalue weighted by molar-refractivity contribution is 0.0950. The van der Waals surface area contributed by atoms with Gasteiger partial charge in [0.25, 0.3) is 5.91 Å². The molecule has 3 aromatic rings. The van der Waals surface area contributed by atoms with Gasteiger partial charge >= 0.3 is 0 Å². The molecule has 1 aromatic carbocycles. The van der Waals surface area contributed by atoms with Crippen molar-refractivity contribution in [3.63, 3.8) is 0 Å². The van der Waals surface area contributed by atoms with E-state index in [9.17, 15) is 9.90 Å². The lowest BCUT2D eigenvalue weighted by Gasteiger charge is -2.06. The van der Waals surface area contributed by atoms with Crippen molar-refractivity contribution >= 4 is 34.6 Å². The molecule has 1 amide bonds. The van der Waals surface area contributed by atoms with Gasteiger partial charge in [0, 0.05) is 5.56 Å². The molecule has 0 atom stereocenters. The van der Waals surface area contributed by atoms with E-state index in [1.807, 2.05) is 6.07 Å². The van der Waals surface area contributed by atoms with Gasteiger partial charge in [-0.3, -0.25) is 9.89 Å². The van der Waals surface area contributed by atoms with Gasteiger partial charge < -0.3 is 9.84 Å². The van der Waals surface area contributed by atoms with E-state index in [4.69, 9.17) is 16.3 Å². The van der Waals surface area contributed by atoms with Gasteiger partial charge in [0.1, 0.15) is 0 Å². The Morgan fingerprint density at radius 1 is 1.35 bits per heavy atom. The Bertz CT molecular complexity index is 980. The zero-order valence-corrected chi connectivity index (χ0v) is 15.5. The number of hydrazone groups is 1. The Balaban J connectivity index is 1.72. The molecule has 0 aliphatic rings. The molecule has 0 unspecified atom stereocenters. The van der Waals surface area contributed by atoms with E-state index >= 15 is 0 Å². The van der Waals surface area contributed by atoms with Crippen molar-refractivity contribution in [1.29, 1.82) is 0 Å². The first kappa shape index (κ1) is 18.0. The number of carbonyl (C=O) groups is 1. The van der Waals surface area contributed by atoms with Gasteiger partial charge in [-0.15, -0.1) is 11.3 Å². The van der Waals surface area contributed by atoms with Gasteiger partial charge in [0.2, 0.25) is 0 Å². The van der Waals surface area contributed by atoms with Crippen LogP contribution in [0.1, 0.15) is 23.0 Å². The summed E-state index contributed by atoms with van der Waals surface area (Å²) in [5.41, 5.74) is 4.63. The zero-order valence-electron chi connectivity index (χ0n) is 13.9. The fourth-order valence-electron chi connectivity index (χ4n) is 2.18. The predicted octanol–water partition coefficient (Wildman–Crippen LogP) is 3.66. The minimum atomic E-state index is -0.444. The van der Waals surface area contributed by atoms with Crippen LogP contribution in [0.15, 0.2) is 41.5 Å². The minimum Gasteiger partial charge on any atom is -0.504 e. The molecule has 0 fully saturated rings. The lowest BCUT2D eigenvalue weighted by Crippen LogP contribution is -2.19. The number of aromatic hydroxyl groups is 1. The highest BCUT2D eigenvalue weighted by Gasteiger charge is 2.12. The number of thiophene rings is 1. The van der Waals surface area contributed by atoms with Gasteiger partial charge in [-0.05, 0) is 43.3 Å². The van der Waals surface area contributed by atoms with Crippen LogP contribution in [0.2, 0.25) is 4.34 Å². The van der Waals surface area contributed by atoms with E-state index in [0.29, 0.717) is 27.1 Å². The maximum atomic E-state index is 12.2. The van der Waals surface area contributed by atoms with Crippen LogP contribution in [-0.2, 0) is 0 Å². The number of hydrogen-bond donors (Lipinski definition) is 3. The summed E-state index contributed by atoms with van der Waals surface area (Å²) in [6, 6.07) is 10.1. The summed E-state index contributed by atoms with van der Waals surface area (Å²) < 4.78 is 5.72. The lowest BCUT2D eigenvalue weighted by atomic mass is 10.1. The predicted molar refractivity (Wildman–Crippen MR) is 101 cm³/mol. The monoisotopic (exact) mass is 390 g/mol. The highest BCUT2D eigenvalue weighted by atomic mass is 35.5. The second-order valence-corrected chi connectivity index (χ2v) is 7.01. The zero-order chi connectivity index (χ0) is 18.7. The third-order valence-corrected chi connectivity index (χ3v) is 4.84. The van der Waals surface area contributed by atoms with Crippen LogP contribution in [0.3, 0.4) is 0 Å². The average Bonchev–Trinajstić information content (AvgIpc) is 3.28. The van der Waals surface area contributed by atoms with Crippen LogP contribution in [0.5, 0.6) is 11.5 Å². The summed E-state index contributed by atoms with van der Waals surface area (Å²) in [7, 11) is 1.46. The first-order chi connectivity index (χ1) is 12.5. The average molecular weight is 391 g/mol. The number of hydrogen-bond acceptors (Lipinski definition) is 6. The summed E-state index contributed by atoms with van der Waals surface area (Å²) in [6.07, 6.45) is 0. The highest BCUT2D eigenvalue weighted by molar-refractivity contribution is 7.19. The first-order valence-electron chi connectivity index (χ1n) is 7.51. The number of phenols is 1. The van der Waals surface area contributed by atoms with Crippen LogP contribution < -0.4 is 10.2 Å². The Hall–Kier alpha value is -2.84. The molecule has 134 valence electrons. The number of aromatic nitrogens is 2. The van der Waals surface area contributed by atoms with Crippen LogP contribution in [0.4, 0.5) is 0 Å². The van der Waals surface area contributed by atoms with E-state index in [1.54, 1.807) is 31.2 Å². The van der Waals surface area contributed by atoms with Crippen molar-refractivity contribution < 1.29 is 14.6 Å². The molecule has 0 aliphatic heterocycles. The van der Waals surface area contributed by atoms with Crippen molar-refractivity contribution in [2.24, 2.45) is 5.10 Å². The van der Waals surface area contributed by atoms with E-state index in [1.165, 1.54) is 24.5 Å². The van der Waals surface area contributed by atoms with Gasteiger partial charge in [-0.25, -0.2) is 5.43 Å². The second kappa shape index (κ2) is 7.59. The van der Waals surface area contributed by atoms with Crippen LogP contribution in [-0.4, -0.2) is 34.0 Å². The molecule has 9 heteroatoms. The molecular formula is C17H15ClN4O3S. The molecule has 2 aromatic heterocycles. The quantitative estimate of drug-likeness (QED) is 0.457. The smallest absolute Gasteiger partial charge is 0.291 e. The summed E-state index contributed by atoms with van der Waals surface area (Å²) in [5.74, 6) is -0.0824. The number of ether oxygens (including phenoxy) is 1. The number of methoxy groups -OCH3 is 1. The molecule has 0 saturated carbocycles. The van der Waals surface area contributed by atoms with E-state index < -0.39 is 5.91 Å². The number of nitrogens with one attached hydrogen (secondary N) is 2. The standard InChI is InChI=1S/C17H15ClN4O3S/c1-9(10-3-4-13(23)14(7-10)25-2)19-22-17(24)12-8-11(20-21-12)15-5-6-16(18)26-15/h3-8,23H,1-2H3,(H,20,21)(H,22,24)/b19-9-. The third kappa shape index (κ3) is 3.87. The van der Waals surface area contributed by atoms with Crippen molar-refractivity contribution in [2.75, 3.05) is 7.11 Å². The summed E-state index contributed by atoms with van der Waals surface area (Å²) in [5, 5.41) is 20.5. The Kier molecular flexibility index (Phi) is 5.24. The molecule has 2 heterocycles. The number of rotatable bonds is 5. The number of amides is 1. The summed E-state index contributed by atoms with van der Waals surface area (Å²) in [6.45, 7) is 1.73. The number of benzene rings is 1. The maximum absolute atomic E-state index is 12.2. The molecule has 0 spiro atoms. The van der Waals surface area contributed by atoms with E-state index in [0.717, 1.165) is 4.88 Å². The summed E-state index contributed by atoms with van der Waals surface area (Å²) in [4.78, 5) is 13.1. The largest absolute Gasteiger partial charge is 0.504 e. The molecule has 0 saturated heterocycles. The van der Waals surface area contributed by atoms with Gasteiger partial charge in [-0.2, -0.15) is 10.2 Å². The second-order valence-electron chi connectivity index (χ2n) is 5.30. The molecular weight excluding hydrogens is 376 g/mol. The number of nitrogens with zero attached hydrogens (tertiary/aromatic N) is 2. The van der Waals surface area contributed by atoms with Crippen LogP contribution in [0, 0.1) is 0 Å². The van der Waals surface area contributed by atoms with E-state index in [2.05, 4.69) is 20.7 Å². The molecule has 3 N–H and O–H groups in total. The Morgan fingerprint density at radius 2 is 2.15 bits per heavy atom. The maximum Gasteiger partial charge on any atom is 0.291 e. The fourth-order valence-corrected chi connectivity index (χ4v) is 3.19. The highest BCUT2D eigenvalue weighted by Crippen LogP contribution is 2.30. The Morgan fingerprint density at radius 3 is 2.85 bits per heavy atom. The molecule has 0 bridgehead atoms. The normalized spacial score (nSPS) is 11.4. The van der Waals surface area contributed by atoms with Gasteiger partial charge in [-0.1, -0.05) is 11.6 Å². The molecule has 26 heavy (non-hydrogen) atoms. The number of phenolic OH excluding ortho intramolecular Hbond substituents is 1. The van der Waals surface area contributed by atoms with Gasteiger partial charge in [0.05, 0.1) is 27.7 Å². The van der Waals surface area contributed by atoms with Crippen molar-refractivity contribution in [1.82, 2.24) is 15.6 Å². The van der Waals surface area contributed by atoms with Crippen molar-refractivity contribution in [2.45, 2.75) is 6.92 Å². The minimum absolute atomic E-state index is 0.0332. The molecule has 0 radical (unpaired) electrons. The number of H-pyrrole nitrogens is 1. The van der Waals surface area contributed by atoms with Crippen LogP contribution in [0.25, 0.3) is 10.6 Å². The summed E-state index contributed by atoms with van der Waals surface area (Å²) >= 11 is 7.31. The number of aromatic amines is 1. The van der Waals surface area contributed by atoms with Crippen molar-refractivity contribution in [3.05, 3.63) is 52.0 Å². The fraction of sp³-hybridized carbons (Fsp3) is 0.118. The van der Waals surface area contributed by atoms with E-state index in [-0.39, 0.29) is 11.4 Å². The van der Waals surface area contributed by atoms with Crippen molar-refractivity contribution in [3.8, 4) is 22.1 Å². The first-order valence-corrected chi connectivity index (χ1v) is 8.70. The Labute approximate surface area is 158 Å². The van der Waals surface area contributed by atoms with Crippen LogP contribution >= 0.6 is 22.9 Å². The van der Waals surface area contributed by atoms with Gasteiger partial charge in [0.15, 0.2) is 17.2 Å². The third-order valence-electron chi connectivity index (χ3n) is 3.57. The topological polar surface area (TPSA) is 99.6 Å². The molecule has 3 rings (SSSR count). The number of halogens is 1.